The quantitative estimate of drug-likeness (QED) is 0.526. The molecule has 5 aliphatic rings. The van der Waals surface area contributed by atoms with Gasteiger partial charge in [0.15, 0.2) is 0 Å². The molecule has 0 radical (unpaired) electrons. The zero-order chi connectivity index (χ0) is 28.4. The highest BCUT2D eigenvalue weighted by molar-refractivity contribution is 7.89. The lowest BCUT2D eigenvalue weighted by molar-refractivity contribution is -0.118. The van der Waals surface area contributed by atoms with Crippen LogP contribution in [0.15, 0.2) is 47.0 Å². The summed E-state index contributed by atoms with van der Waals surface area (Å²) >= 11 is 0. The van der Waals surface area contributed by atoms with Crippen molar-refractivity contribution in [1.29, 1.82) is 0 Å². The van der Waals surface area contributed by atoms with Crippen LogP contribution in [-0.4, -0.2) is 66.8 Å². The number of dihydropyridines is 1. The molecule has 3 atom stereocenters. The zero-order valence-corrected chi connectivity index (χ0v) is 24.2. The molecule has 1 aromatic rings. The van der Waals surface area contributed by atoms with Crippen molar-refractivity contribution in [2.75, 3.05) is 25.4 Å². The Morgan fingerprint density at radius 2 is 1.93 bits per heavy atom. The Hall–Kier alpha value is -2.62. The summed E-state index contributed by atoms with van der Waals surface area (Å²) in [6, 6.07) is 8.37. The number of rotatable bonds is 7. The summed E-state index contributed by atoms with van der Waals surface area (Å²) in [4.78, 5) is 27.6. The van der Waals surface area contributed by atoms with Gasteiger partial charge in [-0.15, -0.1) is 0 Å². The van der Waals surface area contributed by atoms with E-state index in [4.69, 9.17) is 0 Å². The van der Waals surface area contributed by atoms with Crippen LogP contribution >= 0.6 is 0 Å². The molecule has 2 heterocycles. The third kappa shape index (κ3) is 4.15. The van der Waals surface area contributed by atoms with Crippen molar-refractivity contribution in [3.63, 3.8) is 0 Å². The number of sulfonamides is 1. The molecule has 2 saturated carbocycles. The minimum Gasteiger partial charge on any atom is -0.389 e. The maximum absolute atomic E-state index is 14.0. The average molecular weight is 566 g/mol. The lowest BCUT2D eigenvalue weighted by Crippen LogP contribution is -2.57. The van der Waals surface area contributed by atoms with Crippen LogP contribution in [0.25, 0.3) is 6.08 Å². The van der Waals surface area contributed by atoms with Gasteiger partial charge >= 0.3 is 0 Å². The Bertz CT molecular complexity index is 1440. The molecule has 214 valence electrons. The van der Waals surface area contributed by atoms with E-state index in [1.165, 1.54) is 17.3 Å². The number of carbonyl (C=O) groups excluding carboxylic acids is 2. The summed E-state index contributed by atoms with van der Waals surface area (Å²) in [5.74, 6) is -0.472. The monoisotopic (exact) mass is 565 g/mol. The molecular weight excluding hydrogens is 526 g/mol. The van der Waals surface area contributed by atoms with Gasteiger partial charge < -0.3 is 10.4 Å². The highest BCUT2D eigenvalue weighted by atomic mass is 32.2. The molecular formula is C31H39N3O5S. The van der Waals surface area contributed by atoms with Crippen LogP contribution in [0.3, 0.4) is 0 Å². The summed E-state index contributed by atoms with van der Waals surface area (Å²) in [7, 11) is -3.64. The molecule has 2 N–H and O–H groups in total. The number of aliphatic hydroxyl groups is 1. The number of nitrogens with one attached hydrogen (secondary N) is 1. The minimum atomic E-state index is -3.64. The molecule has 3 aliphatic carbocycles. The first kappa shape index (κ1) is 27.5. The molecule has 1 spiro atoms. The predicted molar refractivity (Wildman–Crippen MR) is 154 cm³/mol. The third-order valence-electron chi connectivity index (χ3n) is 11.1. The van der Waals surface area contributed by atoms with E-state index in [2.05, 4.69) is 54.5 Å². The molecule has 2 bridgehead atoms. The van der Waals surface area contributed by atoms with Crippen LogP contribution in [0, 0.1) is 16.7 Å². The van der Waals surface area contributed by atoms with E-state index >= 15 is 0 Å². The lowest BCUT2D eigenvalue weighted by Gasteiger charge is -2.49. The number of piperidine rings is 1. The number of hydrogen-bond donors (Lipinski definition) is 2. The summed E-state index contributed by atoms with van der Waals surface area (Å²) in [6.45, 7) is 5.38. The summed E-state index contributed by atoms with van der Waals surface area (Å²) in [6.07, 6.45) is 11.2. The van der Waals surface area contributed by atoms with Crippen molar-refractivity contribution in [2.45, 2.75) is 69.8 Å². The first-order valence-electron chi connectivity index (χ1n) is 14.5. The number of nitrogens with zero attached hydrogens (tertiary/aromatic N) is 2. The van der Waals surface area contributed by atoms with Crippen LogP contribution in [0.5, 0.6) is 0 Å². The van der Waals surface area contributed by atoms with E-state index in [1.807, 2.05) is 6.07 Å². The Balaban J connectivity index is 1.16. The standard InChI is InChI=1S/C31H39N3O5S/c1-28(2)24-10-12-30(28,31(37,19-24)13-16-32-27(36)23-7-8-26(35)33-20-23)21-40(38,39)34-17-14-29(15-18-34)11-9-22-5-3-4-6-25(22)29/h3-7,9,11,20,24,37H,8,10,12-19,21H2,1-2H3,(H,32,36)/t24-,30+,31-/m1/s1. The second-order valence-electron chi connectivity index (χ2n) is 13.0. The van der Waals surface area contributed by atoms with Gasteiger partial charge in [0.2, 0.25) is 15.9 Å². The third-order valence-corrected chi connectivity index (χ3v) is 13.1. The average Bonchev–Trinajstić information content (AvgIpc) is 3.44. The molecule has 1 aromatic carbocycles. The Labute approximate surface area is 236 Å². The fourth-order valence-corrected chi connectivity index (χ4v) is 10.9. The Morgan fingerprint density at radius 3 is 2.62 bits per heavy atom. The fraction of sp³-hybridized carbons (Fsp3) is 0.581. The molecule has 1 saturated heterocycles. The van der Waals surface area contributed by atoms with E-state index in [1.54, 1.807) is 10.4 Å². The Kier molecular flexibility index (Phi) is 6.51. The van der Waals surface area contributed by atoms with Crippen molar-refractivity contribution >= 4 is 34.1 Å². The van der Waals surface area contributed by atoms with Gasteiger partial charge in [-0.3, -0.25) is 9.59 Å². The van der Waals surface area contributed by atoms with Crippen molar-refractivity contribution < 1.29 is 23.1 Å². The number of carbonyl (C=O) groups is 2. The summed E-state index contributed by atoms with van der Waals surface area (Å²) < 4.78 is 29.7. The van der Waals surface area contributed by atoms with Gasteiger partial charge in [-0.1, -0.05) is 56.3 Å². The molecule has 6 rings (SSSR count). The smallest absolute Gasteiger partial charge is 0.252 e. The fourth-order valence-electron chi connectivity index (χ4n) is 8.54. The topological polar surface area (TPSA) is 116 Å². The maximum Gasteiger partial charge on any atom is 0.252 e. The first-order valence-corrected chi connectivity index (χ1v) is 16.1. The molecule has 0 aromatic heterocycles. The number of allylic oxidation sites excluding steroid dienone is 1. The van der Waals surface area contributed by atoms with Gasteiger partial charge in [-0.25, -0.2) is 17.7 Å². The summed E-state index contributed by atoms with van der Waals surface area (Å²) in [5.41, 5.74) is 0.411. The van der Waals surface area contributed by atoms with E-state index in [-0.39, 0.29) is 53.7 Å². The molecule has 3 fully saturated rings. The molecule has 2 aliphatic heterocycles. The normalized spacial score (nSPS) is 31.9. The highest BCUT2D eigenvalue weighted by Crippen LogP contribution is 2.71. The van der Waals surface area contributed by atoms with E-state index in [9.17, 15) is 23.1 Å². The number of fused-ring (bicyclic) bond motifs is 4. The van der Waals surface area contributed by atoms with Crippen LogP contribution < -0.4 is 5.32 Å². The van der Waals surface area contributed by atoms with Crippen molar-refractivity contribution in [3.05, 3.63) is 53.1 Å². The van der Waals surface area contributed by atoms with Crippen molar-refractivity contribution in [1.82, 2.24) is 9.62 Å². The van der Waals surface area contributed by atoms with Gasteiger partial charge in [0.1, 0.15) is 0 Å². The summed E-state index contributed by atoms with van der Waals surface area (Å²) in [5, 5.41) is 15.0. The van der Waals surface area contributed by atoms with Crippen LogP contribution in [0.1, 0.15) is 69.9 Å². The van der Waals surface area contributed by atoms with Crippen LogP contribution in [-0.2, 0) is 25.0 Å². The van der Waals surface area contributed by atoms with Crippen molar-refractivity contribution in [3.8, 4) is 0 Å². The number of hydrogen-bond acceptors (Lipinski definition) is 5. The van der Waals surface area contributed by atoms with Gasteiger partial charge in [0, 0.05) is 43.1 Å². The van der Waals surface area contributed by atoms with Gasteiger partial charge in [-0.05, 0) is 61.0 Å². The second-order valence-corrected chi connectivity index (χ2v) is 15.0. The lowest BCUT2D eigenvalue weighted by atomic mass is 9.63. The van der Waals surface area contributed by atoms with Gasteiger partial charge in [-0.2, -0.15) is 0 Å². The maximum atomic E-state index is 14.0. The first-order chi connectivity index (χ1) is 18.9. The van der Waals surface area contributed by atoms with E-state index in [0.717, 1.165) is 19.3 Å². The highest BCUT2D eigenvalue weighted by Gasteiger charge is 2.71. The molecule has 2 amide bonds. The van der Waals surface area contributed by atoms with Crippen molar-refractivity contribution in [2.24, 2.45) is 21.7 Å². The van der Waals surface area contributed by atoms with Gasteiger partial charge in [0.25, 0.3) is 5.91 Å². The molecule has 40 heavy (non-hydrogen) atoms. The largest absolute Gasteiger partial charge is 0.389 e. The molecule has 0 unspecified atom stereocenters. The van der Waals surface area contributed by atoms with E-state index in [0.29, 0.717) is 31.5 Å². The van der Waals surface area contributed by atoms with E-state index < -0.39 is 21.0 Å². The van der Waals surface area contributed by atoms with Crippen LogP contribution in [0.2, 0.25) is 0 Å². The van der Waals surface area contributed by atoms with Crippen LogP contribution in [0.4, 0.5) is 0 Å². The Morgan fingerprint density at radius 1 is 1.18 bits per heavy atom. The van der Waals surface area contributed by atoms with Gasteiger partial charge in [0.05, 0.1) is 16.9 Å². The molecule has 9 heteroatoms. The zero-order valence-electron chi connectivity index (χ0n) is 23.4. The predicted octanol–water partition coefficient (Wildman–Crippen LogP) is 3.37. The minimum absolute atomic E-state index is 0.0761. The second kappa shape index (κ2) is 9.46. The number of aliphatic imine (C=N–C) groups is 1. The SMILES string of the molecule is CC1(C)[C@@H]2CC[C@@]1(CS(=O)(=O)N1CCC3(C=Cc4ccccc43)CC1)[C@@](O)(CCNC(=O)C1=CCC(=O)N=C1)C2. The number of benzene rings is 1. The number of amides is 2. The molecule has 8 nitrogen and oxygen atoms in total.